The fraction of sp³-hybridized carbons (Fsp3) is 0.190. The van der Waals surface area contributed by atoms with Crippen LogP contribution in [0.4, 0.5) is 0 Å². The predicted octanol–water partition coefficient (Wildman–Crippen LogP) is 4.46. The number of hydrogen-bond acceptors (Lipinski definition) is 3. The lowest BCUT2D eigenvalue weighted by molar-refractivity contribution is 0.0945. The maximum absolute atomic E-state index is 12.9. The smallest absolute Gasteiger partial charge is 0.270 e. The summed E-state index contributed by atoms with van der Waals surface area (Å²) in [5.74, 6) is -0.299. The SMILES string of the molecule is CC(C)(C)NC(=S)NNC(=O)c1cc(-c2ccc(Cl)cc2)nc2ccccc12. The number of halogens is 1. The Balaban J connectivity index is 1.91. The number of nitrogens with one attached hydrogen (secondary N) is 3. The third-order valence-electron chi connectivity index (χ3n) is 3.88. The van der Waals surface area contributed by atoms with Crippen molar-refractivity contribution in [3.8, 4) is 11.3 Å². The van der Waals surface area contributed by atoms with Gasteiger partial charge in [0.25, 0.3) is 5.91 Å². The zero-order chi connectivity index (χ0) is 20.3. The van der Waals surface area contributed by atoms with Crippen LogP contribution in [0.25, 0.3) is 22.2 Å². The largest absolute Gasteiger partial charge is 0.357 e. The summed E-state index contributed by atoms with van der Waals surface area (Å²) in [5, 5.41) is 4.83. The first-order chi connectivity index (χ1) is 13.2. The lowest BCUT2D eigenvalue weighted by Gasteiger charge is -2.23. The number of hydrogen-bond donors (Lipinski definition) is 3. The molecule has 0 fully saturated rings. The number of benzene rings is 2. The summed E-state index contributed by atoms with van der Waals surface area (Å²) in [5.41, 5.74) is 8.00. The summed E-state index contributed by atoms with van der Waals surface area (Å²) in [4.78, 5) is 17.5. The van der Waals surface area contributed by atoms with E-state index in [4.69, 9.17) is 23.8 Å². The number of pyridine rings is 1. The van der Waals surface area contributed by atoms with Crippen molar-refractivity contribution < 1.29 is 4.79 Å². The average molecular weight is 413 g/mol. The Bertz CT molecular complexity index is 1030. The van der Waals surface area contributed by atoms with Crippen molar-refractivity contribution in [3.05, 3.63) is 65.2 Å². The van der Waals surface area contributed by atoms with E-state index >= 15 is 0 Å². The number of hydrazine groups is 1. The third-order valence-corrected chi connectivity index (χ3v) is 4.33. The topological polar surface area (TPSA) is 66.0 Å². The van der Waals surface area contributed by atoms with Crippen molar-refractivity contribution >= 4 is 45.7 Å². The molecule has 0 atom stereocenters. The van der Waals surface area contributed by atoms with E-state index in [2.05, 4.69) is 21.2 Å². The van der Waals surface area contributed by atoms with Gasteiger partial charge in [-0.25, -0.2) is 4.98 Å². The van der Waals surface area contributed by atoms with E-state index in [9.17, 15) is 4.79 Å². The molecule has 0 saturated heterocycles. The van der Waals surface area contributed by atoms with Gasteiger partial charge in [0.05, 0.1) is 16.8 Å². The number of rotatable bonds is 2. The molecule has 0 aliphatic heterocycles. The molecule has 0 saturated carbocycles. The van der Waals surface area contributed by atoms with Crippen molar-refractivity contribution in [2.75, 3.05) is 0 Å². The molecule has 5 nitrogen and oxygen atoms in total. The minimum Gasteiger partial charge on any atom is -0.357 e. The maximum atomic E-state index is 12.9. The minimum absolute atomic E-state index is 0.208. The molecule has 3 rings (SSSR count). The van der Waals surface area contributed by atoms with Crippen molar-refractivity contribution in [2.24, 2.45) is 0 Å². The molecule has 3 aromatic rings. The zero-order valence-corrected chi connectivity index (χ0v) is 17.4. The van der Waals surface area contributed by atoms with E-state index in [1.54, 1.807) is 18.2 Å². The molecule has 1 amide bonds. The molecule has 0 radical (unpaired) electrons. The van der Waals surface area contributed by atoms with Crippen LogP contribution in [0.2, 0.25) is 5.02 Å². The monoisotopic (exact) mass is 412 g/mol. The number of carbonyl (C=O) groups is 1. The predicted molar refractivity (Wildman–Crippen MR) is 118 cm³/mol. The molecule has 1 heterocycles. The molecular weight excluding hydrogens is 392 g/mol. The summed E-state index contributed by atoms with van der Waals surface area (Å²) in [6, 6.07) is 16.6. The van der Waals surface area contributed by atoms with Gasteiger partial charge in [0.1, 0.15) is 0 Å². The van der Waals surface area contributed by atoms with Crippen LogP contribution in [0.1, 0.15) is 31.1 Å². The van der Waals surface area contributed by atoms with Crippen LogP contribution in [-0.2, 0) is 0 Å². The van der Waals surface area contributed by atoms with Crippen molar-refractivity contribution in [3.63, 3.8) is 0 Å². The van der Waals surface area contributed by atoms with Crippen LogP contribution in [-0.4, -0.2) is 21.5 Å². The minimum atomic E-state index is -0.299. The normalized spacial score (nSPS) is 11.1. The highest BCUT2D eigenvalue weighted by molar-refractivity contribution is 7.80. The fourth-order valence-corrected chi connectivity index (χ4v) is 3.17. The van der Waals surface area contributed by atoms with Crippen LogP contribution in [0.5, 0.6) is 0 Å². The molecule has 2 aromatic carbocycles. The quantitative estimate of drug-likeness (QED) is 0.428. The second-order valence-electron chi connectivity index (χ2n) is 7.36. The Kier molecular flexibility index (Phi) is 5.82. The van der Waals surface area contributed by atoms with Gasteiger partial charge in [-0.15, -0.1) is 0 Å². The van der Waals surface area contributed by atoms with Gasteiger partial charge in [-0.2, -0.15) is 0 Å². The van der Waals surface area contributed by atoms with E-state index in [0.29, 0.717) is 21.4 Å². The Morgan fingerprint density at radius 3 is 2.39 bits per heavy atom. The van der Waals surface area contributed by atoms with Gasteiger partial charge in [0.2, 0.25) is 0 Å². The van der Waals surface area contributed by atoms with E-state index in [-0.39, 0.29) is 11.4 Å². The molecule has 1 aromatic heterocycles. The van der Waals surface area contributed by atoms with E-state index in [1.165, 1.54) is 0 Å². The molecule has 28 heavy (non-hydrogen) atoms. The number of amides is 1. The van der Waals surface area contributed by atoms with E-state index in [0.717, 1.165) is 16.5 Å². The van der Waals surface area contributed by atoms with E-state index in [1.807, 2.05) is 57.2 Å². The van der Waals surface area contributed by atoms with E-state index < -0.39 is 0 Å². The summed E-state index contributed by atoms with van der Waals surface area (Å²) >= 11 is 11.2. The highest BCUT2D eigenvalue weighted by Crippen LogP contribution is 2.25. The first-order valence-corrected chi connectivity index (χ1v) is 9.56. The first kappa shape index (κ1) is 20.0. The van der Waals surface area contributed by atoms with Gasteiger partial charge >= 0.3 is 0 Å². The average Bonchev–Trinajstić information content (AvgIpc) is 2.64. The Labute approximate surface area is 174 Å². The standard InChI is InChI=1S/C21H21ClN4OS/c1-21(2,3)24-20(28)26-25-19(27)16-12-18(13-8-10-14(22)11-9-13)23-17-7-5-4-6-15(16)17/h4-12H,1-3H3,(H,25,27)(H2,24,26,28). The molecule has 0 aliphatic rings. The highest BCUT2D eigenvalue weighted by Gasteiger charge is 2.15. The van der Waals surface area contributed by atoms with Crippen LogP contribution in [0.15, 0.2) is 54.6 Å². The lowest BCUT2D eigenvalue weighted by Crippen LogP contribution is -2.52. The van der Waals surface area contributed by atoms with Gasteiger partial charge in [0, 0.05) is 21.5 Å². The van der Waals surface area contributed by atoms with Crippen molar-refractivity contribution in [2.45, 2.75) is 26.3 Å². The molecule has 7 heteroatoms. The second-order valence-corrected chi connectivity index (χ2v) is 8.21. The maximum Gasteiger partial charge on any atom is 0.270 e. The third kappa shape index (κ3) is 4.97. The van der Waals surface area contributed by atoms with Crippen LogP contribution < -0.4 is 16.2 Å². The number of thiocarbonyl (C=S) groups is 1. The van der Waals surface area contributed by atoms with Crippen molar-refractivity contribution in [1.29, 1.82) is 0 Å². The molecule has 0 unspecified atom stereocenters. The Morgan fingerprint density at radius 1 is 1.04 bits per heavy atom. The molecule has 144 valence electrons. The Morgan fingerprint density at radius 2 is 1.71 bits per heavy atom. The fourth-order valence-electron chi connectivity index (χ4n) is 2.68. The summed E-state index contributed by atoms with van der Waals surface area (Å²) in [7, 11) is 0. The lowest BCUT2D eigenvalue weighted by atomic mass is 10.0. The number of nitrogens with zero attached hydrogens (tertiary/aromatic N) is 1. The molecule has 0 bridgehead atoms. The summed E-state index contributed by atoms with van der Waals surface area (Å²) < 4.78 is 0. The number of carbonyl (C=O) groups excluding carboxylic acids is 1. The van der Waals surface area contributed by atoms with Crippen molar-refractivity contribution in [1.82, 2.24) is 21.2 Å². The van der Waals surface area contributed by atoms with Gasteiger partial charge in [-0.3, -0.25) is 15.6 Å². The van der Waals surface area contributed by atoms with Crippen LogP contribution in [0, 0.1) is 0 Å². The molecule has 3 N–H and O–H groups in total. The molecule has 0 aliphatic carbocycles. The first-order valence-electron chi connectivity index (χ1n) is 8.77. The van der Waals surface area contributed by atoms with Gasteiger partial charge in [0.15, 0.2) is 5.11 Å². The van der Waals surface area contributed by atoms with Crippen LogP contribution in [0.3, 0.4) is 0 Å². The molecular formula is C21H21ClN4OS. The second kappa shape index (κ2) is 8.12. The van der Waals surface area contributed by atoms with Crippen LogP contribution >= 0.6 is 23.8 Å². The summed E-state index contributed by atoms with van der Waals surface area (Å²) in [6.07, 6.45) is 0. The highest BCUT2D eigenvalue weighted by atomic mass is 35.5. The summed E-state index contributed by atoms with van der Waals surface area (Å²) in [6.45, 7) is 5.95. The Hall–Kier alpha value is -2.70. The van der Waals surface area contributed by atoms with Gasteiger partial charge in [-0.05, 0) is 57.3 Å². The number of para-hydroxylation sites is 1. The number of fused-ring (bicyclic) bond motifs is 1. The van der Waals surface area contributed by atoms with Gasteiger partial charge < -0.3 is 5.32 Å². The zero-order valence-electron chi connectivity index (χ0n) is 15.8. The molecule has 0 spiro atoms. The van der Waals surface area contributed by atoms with Gasteiger partial charge in [-0.1, -0.05) is 41.9 Å². The number of aromatic nitrogens is 1.